The number of nitrogens with zero attached hydrogens (tertiary/aromatic N) is 1. The van der Waals surface area contributed by atoms with Gasteiger partial charge in [-0.15, -0.1) is 0 Å². The van der Waals surface area contributed by atoms with Gasteiger partial charge in [-0.1, -0.05) is 12.1 Å². The number of ether oxygens (including phenoxy) is 2. The number of amides is 1. The summed E-state index contributed by atoms with van der Waals surface area (Å²) in [5.74, 6) is 1.66. The number of anilines is 1. The molecule has 0 saturated heterocycles. The second kappa shape index (κ2) is 8.29. The van der Waals surface area contributed by atoms with Gasteiger partial charge in [-0.25, -0.2) is 4.98 Å². The van der Waals surface area contributed by atoms with E-state index in [0.29, 0.717) is 34.0 Å². The molecule has 152 valence electrons. The third-order valence-corrected chi connectivity index (χ3v) is 4.43. The average molecular weight is 402 g/mol. The van der Waals surface area contributed by atoms with Gasteiger partial charge in [-0.05, 0) is 68.4 Å². The van der Waals surface area contributed by atoms with Crippen molar-refractivity contribution in [3.63, 3.8) is 0 Å². The Morgan fingerprint density at radius 3 is 2.60 bits per heavy atom. The SMILES string of the molecule is COc1cccc(-c2nc3cc(NC(=O)c4cccc(OC(C)C)c4)ccc3o2)c1. The molecule has 30 heavy (non-hydrogen) atoms. The minimum Gasteiger partial charge on any atom is -0.497 e. The van der Waals surface area contributed by atoms with Gasteiger partial charge < -0.3 is 19.2 Å². The molecule has 0 aliphatic rings. The molecular formula is C24H22N2O4. The normalized spacial score (nSPS) is 10.9. The van der Waals surface area contributed by atoms with Crippen LogP contribution in [-0.4, -0.2) is 24.1 Å². The van der Waals surface area contributed by atoms with Crippen LogP contribution in [0.1, 0.15) is 24.2 Å². The van der Waals surface area contributed by atoms with Crippen molar-refractivity contribution >= 4 is 22.7 Å². The lowest BCUT2D eigenvalue weighted by Gasteiger charge is -2.11. The molecule has 0 aliphatic heterocycles. The molecule has 0 aliphatic carbocycles. The van der Waals surface area contributed by atoms with Crippen LogP contribution in [0.25, 0.3) is 22.6 Å². The van der Waals surface area contributed by atoms with Crippen LogP contribution >= 0.6 is 0 Å². The molecule has 1 N–H and O–H groups in total. The van der Waals surface area contributed by atoms with Crippen molar-refractivity contribution in [2.75, 3.05) is 12.4 Å². The summed E-state index contributed by atoms with van der Waals surface area (Å²) in [6, 6.07) is 20.0. The molecule has 0 atom stereocenters. The van der Waals surface area contributed by atoms with Gasteiger partial charge in [0.25, 0.3) is 5.91 Å². The van der Waals surface area contributed by atoms with Gasteiger partial charge in [-0.2, -0.15) is 0 Å². The van der Waals surface area contributed by atoms with E-state index in [9.17, 15) is 4.79 Å². The van der Waals surface area contributed by atoms with Crippen molar-refractivity contribution in [3.8, 4) is 23.0 Å². The third-order valence-electron chi connectivity index (χ3n) is 4.43. The molecule has 0 bridgehead atoms. The Morgan fingerprint density at radius 1 is 1.00 bits per heavy atom. The third kappa shape index (κ3) is 4.27. The number of oxazole rings is 1. The van der Waals surface area contributed by atoms with Crippen LogP contribution in [-0.2, 0) is 0 Å². The van der Waals surface area contributed by atoms with E-state index >= 15 is 0 Å². The average Bonchev–Trinajstić information content (AvgIpc) is 3.17. The molecular weight excluding hydrogens is 380 g/mol. The Bertz CT molecular complexity index is 1200. The highest BCUT2D eigenvalue weighted by molar-refractivity contribution is 6.05. The fourth-order valence-electron chi connectivity index (χ4n) is 3.07. The van der Waals surface area contributed by atoms with Crippen LogP contribution in [0.5, 0.6) is 11.5 Å². The van der Waals surface area contributed by atoms with Crippen LogP contribution < -0.4 is 14.8 Å². The molecule has 4 aromatic rings. The summed E-state index contributed by atoms with van der Waals surface area (Å²) in [7, 11) is 1.62. The largest absolute Gasteiger partial charge is 0.497 e. The van der Waals surface area contributed by atoms with Crippen LogP contribution in [0, 0.1) is 0 Å². The zero-order valence-corrected chi connectivity index (χ0v) is 17.0. The fraction of sp³-hybridized carbons (Fsp3) is 0.167. The monoisotopic (exact) mass is 402 g/mol. The van der Waals surface area contributed by atoms with Crippen LogP contribution in [0.4, 0.5) is 5.69 Å². The molecule has 0 spiro atoms. The summed E-state index contributed by atoms with van der Waals surface area (Å²) >= 11 is 0. The van der Waals surface area contributed by atoms with Gasteiger partial charge in [0.2, 0.25) is 5.89 Å². The maximum Gasteiger partial charge on any atom is 0.255 e. The van der Waals surface area contributed by atoms with Crippen LogP contribution in [0.3, 0.4) is 0 Å². The summed E-state index contributed by atoms with van der Waals surface area (Å²) in [5.41, 5.74) is 3.26. The van der Waals surface area contributed by atoms with E-state index < -0.39 is 0 Å². The highest BCUT2D eigenvalue weighted by atomic mass is 16.5. The summed E-state index contributed by atoms with van der Waals surface area (Å²) in [6.45, 7) is 3.89. The van der Waals surface area contributed by atoms with E-state index in [4.69, 9.17) is 13.9 Å². The van der Waals surface area contributed by atoms with E-state index in [-0.39, 0.29) is 12.0 Å². The second-order valence-corrected chi connectivity index (χ2v) is 7.08. The molecule has 4 rings (SSSR count). The summed E-state index contributed by atoms with van der Waals surface area (Å²) < 4.78 is 16.8. The number of hydrogen-bond donors (Lipinski definition) is 1. The van der Waals surface area contributed by atoms with E-state index in [2.05, 4.69) is 10.3 Å². The molecule has 0 radical (unpaired) electrons. The summed E-state index contributed by atoms with van der Waals surface area (Å²) in [4.78, 5) is 17.2. The maximum atomic E-state index is 12.7. The smallest absolute Gasteiger partial charge is 0.255 e. The first kappa shape index (κ1) is 19.5. The van der Waals surface area contributed by atoms with Crippen molar-refractivity contribution in [2.45, 2.75) is 20.0 Å². The van der Waals surface area contributed by atoms with Gasteiger partial charge in [0.15, 0.2) is 5.58 Å². The summed E-state index contributed by atoms with van der Waals surface area (Å²) in [5, 5.41) is 2.90. The van der Waals surface area contributed by atoms with Crippen LogP contribution in [0.15, 0.2) is 71.1 Å². The predicted octanol–water partition coefficient (Wildman–Crippen LogP) is 5.54. The van der Waals surface area contributed by atoms with Crippen molar-refractivity contribution < 1.29 is 18.7 Å². The Labute approximate surface area is 174 Å². The lowest BCUT2D eigenvalue weighted by atomic mass is 10.2. The van der Waals surface area contributed by atoms with Crippen molar-refractivity contribution in [1.82, 2.24) is 4.98 Å². The van der Waals surface area contributed by atoms with Crippen molar-refractivity contribution in [3.05, 3.63) is 72.3 Å². The predicted molar refractivity (Wildman–Crippen MR) is 116 cm³/mol. The quantitative estimate of drug-likeness (QED) is 0.458. The lowest BCUT2D eigenvalue weighted by molar-refractivity contribution is 0.102. The number of hydrogen-bond acceptors (Lipinski definition) is 5. The van der Waals surface area contributed by atoms with Crippen molar-refractivity contribution in [2.24, 2.45) is 0 Å². The highest BCUT2D eigenvalue weighted by Gasteiger charge is 2.12. The molecule has 0 saturated carbocycles. The van der Waals surface area contributed by atoms with Gasteiger partial charge in [0.05, 0.1) is 13.2 Å². The molecule has 0 unspecified atom stereocenters. The van der Waals surface area contributed by atoms with E-state index in [1.54, 1.807) is 43.5 Å². The lowest BCUT2D eigenvalue weighted by Crippen LogP contribution is -2.12. The number of aromatic nitrogens is 1. The molecule has 6 heteroatoms. The fourth-order valence-corrected chi connectivity index (χ4v) is 3.07. The molecule has 3 aromatic carbocycles. The number of carbonyl (C=O) groups excluding carboxylic acids is 1. The number of nitrogens with one attached hydrogen (secondary N) is 1. The van der Waals surface area contributed by atoms with Crippen molar-refractivity contribution in [1.29, 1.82) is 0 Å². The maximum absolute atomic E-state index is 12.7. The zero-order chi connectivity index (χ0) is 21.1. The van der Waals surface area contributed by atoms with E-state index in [0.717, 1.165) is 11.3 Å². The van der Waals surface area contributed by atoms with E-state index in [1.807, 2.05) is 44.2 Å². The number of benzene rings is 3. The Hall–Kier alpha value is -3.80. The number of carbonyl (C=O) groups is 1. The minimum atomic E-state index is -0.222. The number of fused-ring (bicyclic) bond motifs is 1. The first-order valence-corrected chi connectivity index (χ1v) is 9.65. The number of rotatable bonds is 6. The highest BCUT2D eigenvalue weighted by Crippen LogP contribution is 2.28. The van der Waals surface area contributed by atoms with Gasteiger partial charge in [0.1, 0.15) is 17.0 Å². The molecule has 1 heterocycles. The minimum absolute atomic E-state index is 0.0386. The standard InChI is InChI=1S/C24H22N2O4/c1-15(2)29-20-9-4-6-16(12-20)23(27)25-18-10-11-22-21(14-18)26-24(30-22)17-7-5-8-19(13-17)28-3/h4-15H,1-3H3,(H,25,27). The number of methoxy groups -OCH3 is 1. The topological polar surface area (TPSA) is 73.6 Å². The Morgan fingerprint density at radius 2 is 1.80 bits per heavy atom. The second-order valence-electron chi connectivity index (χ2n) is 7.08. The van der Waals surface area contributed by atoms with E-state index in [1.165, 1.54) is 0 Å². The first-order chi connectivity index (χ1) is 14.5. The molecule has 1 amide bonds. The summed E-state index contributed by atoms with van der Waals surface area (Å²) in [6.07, 6.45) is 0.0386. The zero-order valence-electron chi connectivity index (χ0n) is 17.0. The first-order valence-electron chi connectivity index (χ1n) is 9.65. The van der Waals surface area contributed by atoms with Gasteiger partial charge in [0, 0.05) is 16.8 Å². The Balaban J connectivity index is 1.56. The molecule has 1 aromatic heterocycles. The van der Waals surface area contributed by atoms with Crippen LogP contribution in [0.2, 0.25) is 0 Å². The Kier molecular flexibility index (Phi) is 5.39. The molecule has 6 nitrogen and oxygen atoms in total. The molecule has 0 fully saturated rings. The van der Waals surface area contributed by atoms with Gasteiger partial charge in [-0.3, -0.25) is 4.79 Å². The van der Waals surface area contributed by atoms with Gasteiger partial charge >= 0.3 is 0 Å².